The fourth-order valence-corrected chi connectivity index (χ4v) is 4.37. The van der Waals surface area contributed by atoms with Gasteiger partial charge in [-0.3, -0.25) is 19.5 Å². The summed E-state index contributed by atoms with van der Waals surface area (Å²) in [6.07, 6.45) is 0. The Balaban J connectivity index is 1.45. The zero-order valence-corrected chi connectivity index (χ0v) is 18.0. The monoisotopic (exact) mass is 441 g/mol. The summed E-state index contributed by atoms with van der Waals surface area (Å²) in [5.41, 5.74) is 2.88. The highest BCUT2D eigenvalue weighted by Crippen LogP contribution is 2.22. The van der Waals surface area contributed by atoms with Gasteiger partial charge in [0, 0.05) is 7.05 Å². The van der Waals surface area contributed by atoms with Crippen LogP contribution >= 0.6 is 11.8 Å². The van der Waals surface area contributed by atoms with Crippen LogP contribution in [0.2, 0.25) is 0 Å². The highest BCUT2D eigenvalue weighted by Gasteiger charge is 2.16. The fourth-order valence-electron chi connectivity index (χ4n) is 3.56. The number of carbonyl (C=O) groups is 1. The van der Waals surface area contributed by atoms with Crippen molar-refractivity contribution in [2.45, 2.75) is 5.16 Å². The van der Waals surface area contributed by atoms with E-state index in [4.69, 9.17) is 0 Å². The van der Waals surface area contributed by atoms with Crippen LogP contribution in [0.5, 0.6) is 0 Å². The number of hydrogen-bond acceptors (Lipinski definition) is 5. The van der Waals surface area contributed by atoms with Crippen molar-refractivity contribution >= 4 is 45.6 Å². The second kappa shape index (κ2) is 8.32. The van der Waals surface area contributed by atoms with Crippen LogP contribution in [0.25, 0.3) is 27.6 Å². The second-order valence-electron chi connectivity index (χ2n) is 7.21. The summed E-state index contributed by atoms with van der Waals surface area (Å²) in [7, 11) is 1.86. The molecular weight excluding hydrogens is 422 g/mol. The Kier molecular flexibility index (Phi) is 5.20. The van der Waals surface area contributed by atoms with Crippen LogP contribution in [0.15, 0.2) is 88.8 Å². The predicted molar refractivity (Wildman–Crippen MR) is 127 cm³/mol. The molecule has 2 aromatic heterocycles. The van der Waals surface area contributed by atoms with Crippen LogP contribution in [0.3, 0.4) is 0 Å². The van der Waals surface area contributed by atoms with E-state index in [2.05, 4.69) is 15.3 Å². The zero-order chi connectivity index (χ0) is 22.1. The minimum Gasteiger partial charge on any atom is -0.313 e. The summed E-state index contributed by atoms with van der Waals surface area (Å²) >= 11 is 1.21. The lowest BCUT2D eigenvalue weighted by molar-refractivity contribution is -0.113. The number of benzene rings is 3. The van der Waals surface area contributed by atoms with E-state index in [0.717, 1.165) is 11.0 Å². The van der Waals surface area contributed by atoms with Crippen LogP contribution < -0.4 is 10.9 Å². The molecule has 0 unspecified atom stereocenters. The standard InChI is InChI=1S/C24H19N5O2S/c1-28-20-14-8-7-13-19(20)25-23(28)27-21(30)15-32-24-26-18-12-6-5-11-17(18)22(31)29(24)16-9-3-2-4-10-16/h2-14H,15H2,1H3,(H,25,27,30). The van der Waals surface area contributed by atoms with E-state index >= 15 is 0 Å². The number of fused-ring (bicyclic) bond motifs is 2. The van der Waals surface area contributed by atoms with Crippen molar-refractivity contribution in [1.29, 1.82) is 0 Å². The molecule has 5 rings (SSSR count). The topological polar surface area (TPSA) is 81.8 Å². The third-order valence-electron chi connectivity index (χ3n) is 5.13. The number of rotatable bonds is 5. The number of nitrogens with zero attached hydrogens (tertiary/aromatic N) is 4. The number of carbonyl (C=O) groups excluding carboxylic acids is 1. The van der Waals surface area contributed by atoms with Crippen molar-refractivity contribution in [3.8, 4) is 5.69 Å². The van der Waals surface area contributed by atoms with Gasteiger partial charge in [-0.15, -0.1) is 0 Å². The van der Waals surface area contributed by atoms with E-state index in [1.165, 1.54) is 11.8 Å². The molecule has 5 aromatic rings. The molecule has 2 heterocycles. The fraction of sp³-hybridized carbons (Fsp3) is 0.0833. The van der Waals surface area contributed by atoms with E-state index in [-0.39, 0.29) is 17.2 Å². The lowest BCUT2D eigenvalue weighted by atomic mass is 10.2. The molecule has 0 saturated carbocycles. The minimum absolute atomic E-state index is 0.0841. The van der Waals surface area contributed by atoms with Gasteiger partial charge in [-0.2, -0.15) is 0 Å². The molecule has 158 valence electrons. The maximum absolute atomic E-state index is 13.2. The van der Waals surface area contributed by atoms with Gasteiger partial charge in [0.15, 0.2) is 5.16 Å². The Labute approximate surface area is 187 Å². The second-order valence-corrected chi connectivity index (χ2v) is 8.15. The smallest absolute Gasteiger partial charge is 0.266 e. The quantitative estimate of drug-likeness (QED) is 0.329. The minimum atomic E-state index is -0.226. The Morgan fingerprint density at radius 1 is 0.906 bits per heavy atom. The maximum atomic E-state index is 13.2. The number of imidazole rings is 1. The molecule has 7 nitrogen and oxygen atoms in total. The summed E-state index contributed by atoms with van der Waals surface area (Å²) in [6.45, 7) is 0. The molecule has 32 heavy (non-hydrogen) atoms. The lowest BCUT2D eigenvalue weighted by Gasteiger charge is -2.13. The average Bonchev–Trinajstić information content (AvgIpc) is 3.13. The number of aryl methyl sites for hydroxylation is 1. The van der Waals surface area contributed by atoms with Gasteiger partial charge < -0.3 is 4.57 Å². The van der Waals surface area contributed by atoms with E-state index in [1.54, 1.807) is 16.7 Å². The maximum Gasteiger partial charge on any atom is 0.266 e. The molecule has 0 bridgehead atoms. The van der Waals surface area contributed by atoms with Crippen LogP contribution in [-0.4, -0.2) is 30.8 Å². The van der Waals surface area contributed by atoms with Crippen molar-refractivity contribution < 1.29 is 4.79 Å². The number of anilines is 1. The van der Waals surface area contributed by atoms with Gasteiger partial charge >= 0.3 is 0 Å². The normalized spacial score (nSPS) is 11.2. The molecule has 0 atom stereocenters. The van der Waals surface area contributed by atoms with Crippen molar-refractivity contribution in [3.05, 3.63) is 89.2 Å². The molecular formula is C24H19N5O2S. The number of amides is 1. The Hall–Kier alpha value is -3.91. The van der Waals surface area contributed by atoms with E-state index in [1.807, 2.05) is 78.3 Å². The molecule has 0 aliphatic rings. The molecule has 0 fully saturated rings. The summed E-state index contributed by atoms with van der Waals surface area (Å²) in [4.78, 5) is 35.1. The Morgan fingerprint density at radius 2 is 1.59 bits per heavy atom. The third kappa shape index (κ3) is 3.65. The van der Waals surface area contributed by atoms with E-state index in [0.29, 0.717) is 27.7 Å². The first-order valence-electron chi connectivity index (χ1n) is 10.0. The summed E-state index contributed by atoms with van der Waals surface area (Å²) < 4.78 is 3.39. The van der Waals surface area contributed by atoms with Crippen LogP contribution in [0, 0.1) is 0 Å². The number of hydrogen-bond donors (Lipinski definition) is 1. The SMILES string of the molecule is Cn1c(NC(=O)CSc2nc3ccccc3c(=O)n2-c2ccccc2)nc2ccccc21. The number of para-hydroxylation sites is 4. The third-order valence-corrected chi connectivity index (χ3v) is 6.07. The van der Waals surface area contributed by atoms with Gasteiger partial charge in [0.05, 0.1) is 33.4 Å². The first-order chi connectivity index (χ1) is 15.6. The zero-order valence-electron chi connectivity index (χ0n) is 17.2. The number of aromatic nitrogens is 4. The van der Waals surface area contributed by atoms with E-state index < -0.39 is 0 Å². The molecule has 3 aromatic carbocycles. The van der Waals surface area contributed by atoms with Gasteiger partial charge in [0.1, 0.15) is 0 Å². The van der Waals surface area contributed by atoms with Gasteiger partial charge in [0.2, 0.25) is 11.9 Å². The Morgan fingerprint density at radius 3 is 2.38 bits per heavy atom. The predicted octanol–water partition coefficient (Wildman–Crippen LogP) is 4.00. The molecule has 0 aliphatic carbocycles. The highest BCUT2D eigenvalue weighted by atomic mass is 32.2. The largest absolute Gasteiger partial charge is 0.313 e. The van der Waals surface area contributed by atoms with Gasteiger partial charge in [0.25, 0.3) is 5.56 Å². The van der Waals surface area contributed by atoms with Crippen LogP contribution in [0.1, 0.15) is 0 Å². The number of nitrogens with one attached hydrogen (secondary N) is 1. The van der Waals surface area contributed by atoms with Crippen molar-refractivity contribution in [1.82, 2.24) is 19.1 Å². The molecule has 1 amide bonds. The Bertz CT molecular complexity index is 1510. The van der Waals surface area contributed by atoms with Gasteiger partial charge in [-0.05, 0) is 36.4 Å². The first-order valence-corrected chi connectivity index (χ1v) is 11.0. The summed E-state index contributed by atoms with van der Waals surface area (Å²) in [5, 5.41) is 3.85. The molecule has 0 aliphatic heterocycles. The van der Waals surface area contributed by atoms with Crippen molar-refractivity contribution in [3.63, 3.8) is 0 Å². The van der Waals surface area contributed by atoms with Gasteiger partial charge in [-0.1, -0.05) is 54.2 Å². The average molecular weight is 442 g/mol. The lowest BCUT2D eigenvalue weighted by Crippen LogP contribution is -2.23. The van der Waals surface area contributed by atoms with Gasteiger partial charge in [-0.25, -0.2) is 9.97 Å². The van der Waals surface area contributed by atoms with Crippen molar-refractivity contribution in [2.24, 2.45) is 7.05 Å². The molecule has 0 spiro atoms. The van der Waals surface area contributed by atoms with E-state index in [9.17, 15) is 9.59 Å². The molecule has 8 heteroatoms. The first kappa shape index (κ1) is 20.0. The summed E-state index contributed by atoms with van der Waals surface area (Å²) in [6, 6.07) is 24.2. The molecule has 0 radical (unpaired) electrons. The molecule has 1 N–H and O–H groups in total. The number of thioether (sulfide) groups is 1. The highest BCUT2D eigenvalue weighted by molar-refractivity contribution is 7.99. The van der Waals surface area contributed by atoms with Crippen molar-refractivity contribution in [2.75, 3.05) is 11.1 Å². The molecule has 0 saturated heterocycles. The van der Waals surface area contributed by atoms with Crippen LogP contribution in [0.4, 0.5) is 5.95 Å². The summed E-state index contributed by atoms with van der Waals surface area (Å²) in [5.74, 6) is 0.333. The van der Waals surface area contributed by atoms with Crippen LogP contribution in [-0.2, 0) is 11.8 Å².